The molecule has 2 amide bonds. The zero-order valence-electron chi connectivity index (χ0n) is 17.5. The Morgan fingerprint density at radius 2 is 1.65 bits per heavy atom. The second-order valence-corrected chi connectivity index (χ2v) is 7.06. The number of rotatable bonds is 8. The van der Waals surface area contributed by atoms with Gasteiger partial charge >= 0.3 is 0 Å². The van der Waals surface area contributed by atoms with Gasteiger partial charge in [0.2, 0.25) is 0 Å². The first-order valence-corrected chi connectivity index (χ1v) is 10.0. The van der Waals surface area contributed by atoms with Gasteiger partial charge in [0.05, 0.1) is 23.5 Å². The van der Waals surface area contributed by atoms with E-state index in [2.05, 4.69) is 15.8 Å². The summed E-state index contributed by atoms with van der Waals surface area (Å²) in [6.07, 6.45) is 1.56. The van der Waals surface area contributed by atoms with E-state index in [9.17, 15) is 9.59 Å². The first-order valence-electron chi connectivity index (χ1n) is 10.0. The number of benzene rings is 3. The molecule has 0 aliphatic rings. The maximum absolute atomic E-state index is 12.8. The van der Waals surface area contributed by atoms with E-state index in [4.69, 9.17) is 4.84 Å². The standard InChI is InChI=1S/C25H25N3O3/c1-18-10-6-7-13-21(18)16-26-31-17-24(29)28-23-15-9-8-14-22(23)25(30)27-19(2)20-11-4-3-5-12-20/h3-16,19H,17H2,1-2H3,(H,27,30)(H,28,29)/b26-16-/t19-/m1/s1. The second-order valence-electron chi connectivity index (χ2n) is 7.06. The molecule has 1 atom stereocenters. The second kappa shape index (κ2) is 10.7. The van der Waals surface area contributed by atoms with Gasteiger partial charge in [-0.3, -0.25) is 9.59 Å². The number of carbonyl (C=O) groups excluding carboxylic acids is 2. The van der Waals surface area contributed by atoms with Crippen molar-refractivity contribution in [3.8, 4) is 0 Å². The van der Waals surface area contributed by atoms with Crippen LogP contribution in [0.25, 0.3) is 0 Å². The zero-order valence-corrected chi connectivity index (χ0v) is 17.5. The Morgan fingerprint density at radius 1 is 0.968 bits per heavy atom. The van der Waals surface area contributed by atoms with Gasteiger partial charge < -0.3 is 15.5 Å². The number of nitrogens with zero attached hydrogens (tertiary/aromatic N) is 1. The Hall–Kier alpha value is -3.93. The lowest BCUT2D eigenvalue weighted by atomic mass is 10.1. The first kappa shape index (κ1) is 21.8. The van der Waals surface area contributed by atoms with Crippen molar-refractivity contribution in [2.45, 2.75) is 19.9 Å². The number of amides is 2. The monoisotopic (exact) mass is 415 g/mol. The molecule has 0 heterocycles. The van der Waals surface area contributed by atoms with Crippen molar-refractivity contribution in [2.75, 3.05) is 11.9 Å². The predicted octanol–water partition coefficient (Wildman–Crippen LogP) is 4.48. The minimum absolute atomic E-state index is 0.170. The van der Waals surface area contributed by atoms with Gasteiger partial charge in [0.25, 0.3) is 11.8 Å². The fourth-order valence-corrected chi connectivity index (χ4v) is 3.00. The fraction of sp³-hybridized carbons (Fsp3) is 0.160. The van der Waals surface area contributed by atoms with E-state index in [0.717, 1.165) is 16.7 Å². The molecular formula is C25H25N3O3. The largest absolute Gasteiger partial charge is 0.386 e. The van der Waals surface area contributed by atoms with Gasteiger partial charge in [0.15, 0.2) is 6.61 Å². The maximum atomic E-state index is 12.8. The molecule has 3 aromatic carbocycles. The predicted molar refractivity (Wildman–Crippen MR) is 122 cm³/mol. The third kappa shape index (κ3) is 6.27. The van der Waals surface area contributed by atoms with E-state index < -0.39 is 5.91 Å². The van der Waals surface area contributed by atoms with E-state index in [-0.39, 0.29) is 18.6 Å². The Balaban J connectivity index is 1.57. The van der Waals surface area contributed by atoms with Gasteiger partial charge in [0.1, 0.15) is 0 Å². The average Bonchev–Trinajstić information content (AvgIpc) is 2.78. The lowest BCUT2D eigenvalue weighted by Crippen LogP contribution is -2.28. The number of hydrogen-bond donors (Lipinski definition) is 2. The van der Waals surface area contributed by atoms with Gasteiger partial charge in [-0.05, 0) is 42.7 Å². The number of carbonyl (C=O) groups is 2. The van der Waals surface area contributed by atoms with Crippen molar-refractivity contribution in [3.05, 3.63) is 101 Å². The third-order valence-corrected chi connectivity index (χ3v) is 4.74. The molecule has 158 valence electrons. The summed E-state index contributed by atoms with van der Waals surface area (Å²) in [5.41, 5.74) is 3.76. The van der Waals surface area contributed by atoms with Crippen molar-refractivity contribution in [2.24, 2.45) is 5.16 Å². The van der Waals surface area contributed by atoms with Crippen molar-refractivity contribution in [1.82, 2.24) is 5.32 Å². The van der Waals surface area contributed by atoms with Crippen LogP contribution in [0.4, 0.5) is 5.69 Å². The Bertz CT molecular complexity index is 1060. The lowest BCUT2D eigenvalue weighted by molar-refractivity contribution is -0.120. The van der Waals surface area contributed by atoms with Gasteiger partial charge in [-0.1, -0.05) is 71.9 Å². The molecule has 0 aliphatic heterocycles. The number of aryl methyl sites for hydroxylation is 1. The summed E-state index contributed by atoms with van der Waals surface area (Å²) in [5, 5.41) is 9.52. The normalized spacial score (nSPS) is 11.7. The van der Waals surface area contributed by atoms with Crippen LogP contribution in [0, 0.1) is 6.92 Å². The van der Waals surface area contributed by atoms with Crippen LogP contribution in [-0.4, -0.2) is 24.6 Å². The molecule has 0 saturated carbocycles. The van der Waals surface area contributed by atoms with Gasteiger partial charge in [-0.15, -0.1) is 0 Å². The van der Waals surface area contributed by atoms with Gasteiger partial charge in [-0.25, -0.2) is 0 Å². The van der Waals surface area contributed by atoms with Gasteiger partial charge in [-0.2, -0.15) is 0 Å². The molecule has 3 aromatic rings. The highest BCUT2D eigenvalue weighted by Gasteiger charge is 2.16. The molecule has 6 heteroatoms. The van der Waals surface area contributed by atoms with Crippen LogP contribution in [0.2, 0.25) is 0 Å². The molecule has 2 N–H and O–H groups in total. The van der Waals surface area contributed by atoms with E-state index in [1.165, 1.54) is 0 Å². The van der Waals surface area contributed by atoms with E-state index in [1.807, 2.05) is 68.4 Å². The van der Waals surface area contributed by atoms with Crippen molar-refractivity contribution >= 4 is 23.7 Å². The summed E-state index contributed by atoms with van der Waals surface area (Å²) in [4.78, 5) is 30.1. The number of para-hydroxylation sites is 1. The quantitative estimate of drug-likeness (QED) is 0.421. The van der Waals surface area contributed by atoms with Crippen LogP contribution in [0.1, 0.15) is 40.0 Å². The number of anilines is 1. The van der Waals surface area contributed by atoms with Crippen LogP contribution < -0.4 is 10.6 Å². The van der Waals surface area contributed by atoms with Crippen LogP contribution in [0.3, 0.4) is 0 Å². The minimum atomic E-state index is -0.404. The van der Waals surface area contributed by atoms with Crippen LogP contribution in [0.5, 0.6) is 0 Å². The molecule has 0 fully saturated rings. The third-order valence-electron chi connectivity index (χ3n) is 4.74. The molecule has 3 rings (SSSR count). The fourth-order valence-electron chi connectivity index (χ4n) is 3.00. The highest BCUT2D eigenvalue weighted by atomic mass is 16.6. The van der Waals surface area contributed by atoms with Crippen LogP contribution in [-0.2, 0) is 9.63 Å². The van der Waals surface area contributed by atoms with Crippen molar-refractivity contribution < 1.29 is 14.4 Å². The Morgan fingerprint density at radius 3 is 2.42 bits per heavy atom. The van der Waals surface area contributed by atoms with Crippen LogP contribution >= 0.6 is 0 Å². The van der Waals surface area contributed by atoms with E-state index in [0.29, 0.717) is 11.3 Å². The molecule has 0 aromatic heterocycles. The lowest BCUT2D eigenvalue weighted by Gasteiger charge is -2.16. The first-order chi connectivity index (χ1) is 15.0. The van der Waals surface area contributed by atoms with Crippen molar-refractivity contribution in [1.29, 1.82) is 0 Å². The van der Waals surface area contributed by atoms with Gasteiger partial charge in [0, 0.05) is 0 Å². The molecule has 6 nitrogen and oxygen atoms in total. The molecule has 0 spiro atoms. The molecule has 0 radical (unpaired) electrons. The van der Waals surface area contributed by atoms with E-state index in [1.54, 1.807) is 30.5 Å². The molecule has 0 aliphatic carbocycles. The SMILES string of the molecule is Cc1ccccc1/C=N\OCC(=O)Nc1ccccc1C(=O)N[C@H](C)c1ccccc1. The highest BCUT2D eigenvalue weighted by Crippen LogP contribution is 2.18. The smallest absolute Gasteiger partial charge is 0.265 e. The maximum Gasteiger partial charge on any atom is 0.265 e. The van der Waals surface area contributed by atoms with Crippen molar-refractivity contribution in [3.63, 3.8) is 0 Å². The topological polar surface area (TPSA) is 79.8 Å². The molecule has 31 heavy (non-hydrogen) atoms. The average molecular weight is 415 g/mol. The summed E-state index contributed by atoms with van der Waals surface area (Å²) in [6, 6.07) is 24.1. The van der Waals surface area contributed by atoms with Crippen LogP contribution in [0.15, 0.2) is 84.0 Å². The Kier molecular flexibility index (Phi) is 7.54. The summed E-state index contributed by atoms with van der Waals surface area (Å²) >= 11 is 0. The Labute approximate surface area is 181 Å². The molecular weight excluding hydrogens is 390 g/mol. The number of oxime groups is 1. The molecule has 0 saturated heterocycles. The molecule has 0 bridgehead atoms. The summed E-state index contributed by atoms with van der Waals surface area (Å²) in [6.45, 7) is 3.61. The number of nitrogens with one attached hydrogen (secondary N) is 2. The molecule has 0 unspecified atom stereocenters. The number of hydrogen-bond acceptors (Lipinski definition) is 4. The highest BCUT2D eigenvalue weighted by molar-refractivity contribution is 6.04. The minimum Gasteiger partial charge on any atom is -0.386 e. The summed E-state index contributed by atoms with van der Waals surface area (Å²) < 4.78 is 0. The van der Waals surface area contributed by atoms with E-state index >= 15 is 0 Å². The summed E-state index contributed by atoms with van der Waals surface area (Å²) in [7, 11) is 0. The summed E-state index contributed by atoms with van der Waals surface area (Å²) in [5.74, 6) is -0.677. The zero-order chi connectivity index (χ0) is 22.1.